The molecule has 15 heavy (non-hydrogen) atoms. The lowest BCUT2D eigenvalue weighted by molar-refractivity contribution is 0.226. The van der Waals surface area contributed by atoms with Crippen molar-refractivity contribution in [1.29, 1.82) is 0 Å². The summed E-state index contributed by atoms with van der Waals surface area (Å²) >= 11 is 6.11. The van der Waals surface area contributed by atoms with Crippen molar-refractivity contribution in [3.8, 4) is 0 Å². The molecule has 0 amide bonds. The van der Waals surface area contributed by atoms with Crippen molar-refractivity contribution in [2.45, 2.75) is 27.3 Å². The summed E-state index contributed by atoms with van der Waals surface area (Å²) in [6.07, 6.45) is 0. The Hall–Kier alpha value is -0.0600. The molecule has 0 bridgehead atoms. The minimum atomic E-state index is 0.274. The summed E-state index contributed by atoms with van der Waals surface area (Å²) < 4.78 is 0. The maximum Gasteiger partial charge on any atom is 0.0798 e. The smallest absolute Gasteiger partial charge is 0.0798 e. The van der Waals surface area contributed by atoms with Gasteiger partial charge in [0.15, 0.2) is 0 Å². The Balaban J connectivity index is 2.50. The second-order valence-corrected chi connectivity index (χ2v) is 6.11. The highest BCUT2D eigenvalue weighted by Crippen LogP contribution is 2.20. The molecule has 2 nitrogen and oxygen atoms in total. The lowest BCUT2D eigenvalue weighted by Crippen LogP contribution is -2.32. The molecule has 0 spiro atoms. The van der Waals surface area contributed by atoms with E-state index in [1.54, 1.807) is 11.3 Å². The lowest BCUT2D eigenvalue weighted by Gasteiger charge is -2.28. The fourth-order valence-electron chi connectivity index (χ4n) is 1.56. The second kappa shape index (κ2) is 5.32. The van der Waals surface area contributed by atoms with E-state index in [1.807, 2.05) is 5.51 Å². The minimum absolute atomic E-state index is 0.274. The maximum absolute atomic E-state index is 4.37. The average Bonchev–Trinajstić information content (AvgIpc) is 2.51. The fraction of sp³-hybridized carbons (Fsp3) is 0.727. The van der Waals surface area contributed by atoms with Crippen LogP contribution in [0.2, 0.25) is 0 Å². The molecule has 86 valence electrons. The number of aromatic nitrogens is 1. The fourth-order valence-corrected chi connectivity index (χ4v) is 2.52. The highest BCUT2D eigenvalue weighted by molar-refractivity contribution is 7.80. The van der Waals surface area contributed by atoms with Crippen LogP contribution in [0.3, 0.4) is 0 Å². The molecule has 0 N–H and O–H groups in total. The van der Waals surface area contributed by atoms with E-state index in [2.05, 4.69) is 50.3 Å². The topological polar surface area (TPSA) is 16.1 Å². The summed E-state index contributed by atoms with van der Waals surface area (Å²) in [5.74, 6) is 0.916. The molecule has 4 heteroatoms. The molecule has 0 aromatic carbocycles. The molecule has 0 aliphatic carbocycles. The van der Waals surface area contributed by atoms with E-state index >= 15 is 0 Å². The number of hydrogen-bond acceptors (Lipinski definition) is 4. The normalized spacial score (nSPS) is 12.4. The van der Waals surface area contributed by atoms with Crippen molar-refractivity contribution >= 4 is 24.0 Å². The summed E-state index contributed by atoms with van der Waals surface area (Å²) in [6, 6.07) is 0. The van der Waals surface area contributed by atoms with Gasteiger partial charge >= 0.3 is 0 Å². The van der Waals surface area contributed by atoms with Crippen molar-refractivity contribution in [2.75, 3.05) is 19.3 Å². The largest absolute Gasteiger partial charge is 0.301 e. The summed E-state index contributed by atoms with van der Waals surface area (Å²) in [5.41, 5.74) is 3.36. The van der Waals surface area contributed by atoms with Gasteiger partial charge in [0.25, 0.3) is 0 Å². The molecule has 0 fully saturated rings. The van der Waals surface area contributed by atoms with Crippen LogP contribution in [0.25, 0.3) is 0 Å². The van der Waals surface area contributed by atoms with Gasteiger partial charge in [0, 0.05) is 18.0 Å². The van der Waals surface area contributed by atoms with Crippen LogP contribution in [0.4, 0.5) is 0 Å². The summed E-state index contributed by atoms with van der Waals surface area (Å²) in [4.78, 5) is 7.98. The van der Waals surface area contributed by atoms with Crippen LogP contribution in [0, 0.1) is 12.3 Å². The highest BCUT2D eigenvalue weighted by Gasteiger charge is 2.18. The van der Waals surface area contributed by atoms with Gasteiger partial charge in [0.1, 0.15) is 0 Å². The van der Waals surface area contributed by atoms with Crippen LogP contribution in [0.5, 0.6) is 0 Å². The van der Waals surface area contributed by atoms with Crippen molar-refractivity contribution < 1.29 is 0 Å². The van der Waals surface area contributed by atoms with Gasteiger partial charge in [-0.2, -0.15) is 12.6 Å². The van der Waals surface area contributed by atoms with Crippen LogP contribution >= 0.6 is 24.0 Å². The van der Waals surface area contributed by atoms with Crippen molar-refractivity contribution in [3.05, 3.63) is 16.1 Å². The van der Waals surface area contributed by atoms with Gasteiger partial charge in [0.2, 0.25) is 0 Å². The maximum atomic E-state index is 4.37. The molecule has 1 heterocycles. The number of thiol groups is 1. The average molecular weight is 244 g/mol. The number of rotatable bonds is 5. The molecular weight excluding hydrogens is 224 g/mol. The monoisotopic (exact) mass is 244 g/mol. The highest BCUT2D eigenvalue weighted by atomic mass is 32.1. The van der Waals surface area contributed by atoms with Crippen LogP contribution in [0.1, 0.15) is 24.4 Å². The Bertz CT molecular complexity index is 307. The van der Waals surface area contributed by atoms with E-state index in [9.17, 15) is 0 Å². The molecule has 0 atom stereocenters. The third-order valence-corrected chi connectivity index (χ3v) is 4.16. The zero-order valence-electron chi connectivity index (χ0n) is 9.95. The van der Waals surface area contributed by atoms with Crippen LogP contribution < -0.4 is 0 Å². The van der Waals surface area contributed by atoms with Gasteiger partial charge in [-0.15, -0.1) is 11.3 Å². The van der Waals surface area contributed by atoms with Gasteiger partial charge in [0.05, 0.1) is 11.2 Å². The molecule has 1 rings (SSSR count). The number of nitrogens with zero attached hydrogens (tertiary/aromatic N) is 2. The van der Waals surface area contributed by atoms with Crippen LogP contribution in [0.15, 0.2) is 5.51 Å². The van der Waals surface area contributed by atoms with Crippen LogP contribution in [-0.2, 0) is 6.54 Å². The van der Waals surface area contributed by atoms with Gasteiger partial charge in [-0.3, -0.25) is 0 Å². The zero-order chi connectivity index (χ0) is 11.5. The standard InChI is InChI=1S/C11H20N2S2/c1-9-10(15-8-12-9)5-13(4)6-11(2,3)7-14/h8,14H,5-7H2,1-4H3. The first-order chi connectivity index (χ1) is 6.94. The van der Waals surface area contributed by atoms with Gasteiger partial charge in [-0.1, -0.05) is 13.8 Å². The molecule has 0 radical (unpaired) electrons. The summed E-state index contributed by atoms with van der Waals surface area (Å²) in [7, 11) is 2.16. The first-order valence-electron chi connectivity index (χ1n) is 5.13. The molecule has 0 saturated heterocycles. The second-order valence-electron chi connectivity index (χ2n) is 4.86. The summed E-state index contributed by atoms with van der Waals surface area (Å²) in [6.45, 7) is 8.62. The van der Waals surface area contributed by atoms with Gasteiger partial charge in [-0.05, 0) is 25.1 Å². The molecule has 1 aromatic heterocycles. The predicted molar refractivity (Wildman–Crippen MR) is 70.8 cm³/mol. The Morgan fingerprint density at radius 1 is 1.53 bits per heavy atom. The SMILES string of the molecule is Cc1ncsc1CN(C)CC(C)(C)CS. The zero-order valence-corrected chi connectivity index (χ0v) is 11.7. The van der Waals surface area contributed by atoms with Crippen molar-refractivity contribution in [3.63, 3.8) is 0 Å². The van der Waals surface area contributed by atoms with Gasteiger partial charge < -0.3 is 4.90 Å². The van der Waals surface area contributed by atoms with E-state index < -0.39 is 0 Å². The molecule has 0 saturated carbocycles. The van der Waals surface area contributed by atoms with E-state index in [0.29, 0.717) is 0 Å². The first kappa shape index (κ1) is 13.0. The Morgan fingerprint density at radius 3 is 2.67 bits per heavy atom. The van der Waals surface area contributed by atoms with Crippen molar-refractivity contribution in [2.24, 2.45) is 5.41 Å². The summed E-state index contributed by atoms with van der Waals surface area (Å²) in [5, 5.41) is 0. The molecular formula is C11H20N2S2. The lowest BCUT2D eigenvalue weighted by atomic mass is 9.96. The Morgan fingerprint density at radius 2 is 2.20 bits per heavy atom. The Kier molecular flexibility index (Phi) is 4.62. The first-order valence-corrected chi connectivity index (χ1v) is 6.64. The van der Waals surface area contributed by atoms with E-state index in [4.69, 9.17) is 0 Å². The Labute approximate surface area is 102 Å². The van der Waals surface area contributed by atoms with Gasteiger partial charge in [-0.25, -0.2) is 4.98 Å². The van der Waals surface area contributed by atoms with E-state index in [-0.39, 0.29) is 5.41 Å². The molecule has 0 aliphatic rings. The molecule has 0 aliphatic heterocycles. The number of hydrogen-bond donors (Lipinski definition) is 1. The quantitative estimate of drug-likeness (QED) is 0.802. The predicted octanol–water partition coefficient (Wildman–Crippen LogP) is 2.84. The molecule has 0 unspecified atom stereocenters. The van der Waals surface area contributed by atoms with Crippen LogP contribution in [-0.4, -0.2) is 29.2 Å². The van der Waals surface area contributed by atoms with E-state index in [1.165, 1.54) is 4.88 Å². The minimum Gasteiger partial charge on any atom is -0.301 e. The molecule has 1 aromatic rings. The van der Waals surface area contributed by atoms with Crippen molar-refractivity contribution in [1.82, 2.24) is 9.88 Å². The number of thiazole rings is 1. The number of aryl methyl sites for hydroxylation is 1. The van der Waals surface area contributed by atoms with E-state index in [0.717, 1.165) is 24.5 Å². The third kappa shape index (κ3) is 4.13. The third-order valence-electron chi connectivity index (χ3n) is 2.38.